The molecular formula is C15H22N2O3. The van der Waals surface area contributed by atoms with E-state index in [9.17, 15) is 4.79 Å². The molecule has 0 bridgehead atoms. The van der Waals surface area contributed by atoms with Crippen molar-refractivity contribution in [3.05, 3.63) is 23.8 Å². The van der Waals surface area contributed by atoms with Gasteiger partial charge >= 0.3 is 0 Å². The summed E-state index contributed by atoms with van der Waals surface area (Å²) in [6.07, 6.45) is 3.37. The molecule has 1 saturated heterocycles. The highest BCUT2D eigenvalue weighted by molar-refractivity contribution is 5.97. The first-order valence-electron chi connectivity index (χ1n) is 6.99. The fraction of sp³-hybridized carbons (Fsp3) is 0.533. The van der Waals surface area contributed by atoms with Crippen LogP contribution in [0.15, 0.2) is 18.2 Å². The molecule has 0 aliphatic carbocycles. The van der Waals surface area contributed by atoms with Crippen LogP contribution in [-0.2, 0) is 0 Å². The van der Waals surface area contributed by atoms with E-state index in [1.165, 1.54) is 20.0 Å². The predicted octanol–water partition coefficient (Wildman–Crippen LogP) is 1.58. The molecule has 2 rings (SSSR count). The van der Waals surface area contributed by atoms with Crippen LogP contribution in [0.1, 0.15) is 29.6 Å². The topological polar surface area (TPSA) is 59.6 Å². The van der Waals surface area contributed by atoms with Crippen LogP contribution < -0.4 is 20.1 Å². The van der Waals surface area contributed by atoms with Crippen molar-refractivity contribution in [1.82, 2.24) is 10.6 Å². The largest absolute Gasteiger partial charge is 0.493 e. The zero-order chi connectivity index (χ0) is 14.4. The molecule has 0 saturated carbocycles. The fourth-order valence-electron chi connectivity index (χ4n) is 2.52. The number of ether oxygens (including phenoxy) is 2. The number of methoxy groups -OCH3 is 2. The zero-order valence-electron chi connectivity index (χ0n) is 12.1. The molecule has 1 aliphatic rings. The van der Waals surface area contributed by atoms with E-state index in [4.69, 9.17) is 9.47 Å². The van der Waals surface area contributed by atoms with E-state index in [2.05, 4.69) is 10.6 Å². The second-order valence-electron chi connectivity index (χ2n) is 4.88. The van der Waals surface area contributed by atoms with Gasteiger partial charge in [0.25, 0.3) is 5.91 Å². The normalized spacial score (nSPS) is 17.8. The first-order chi connectivity index (χ1) is 9.76. The lowest BCUT2D eigenvalue weighted by Crippen LogP contribution is -2.30. The summed E-state index contributed by atoms with van der Waals surface area (Å²) in [6.45, 7) is 1.75. The van der Waals surface area contributed by atoms with Gasteiger partial charge in [0.05, 0.1) is 19.8 Å². The zero-order valence-corrected chi connectivity index (χ0v) is 12.1. The molecule has 1 heterocycles. The first kappa shape index (κ1) is 14.7. The smallest absolute Gasteiger partial charge is 0.255 e. The Morgan fingerprint density at radius 1 is 1.40 bits per heavy atom. The Hall–Kier alpha value is -1.75. The van der Waals surface area contributed by atoms with Gasteiger partial charge in [0.15, 0.2) is 11.5 Å². The monoisotopic (exact) mass is 278 g/mol. The molecule has 1 atom stereocenters. The van der Waals surface area contributed by atoms with Gasteiger partial charge in [0.2, 0.25) is 0 Å². The van der Waals surface area contributed by atoms with Gasteiger partial charge < -0.3 is 20.1 Å². The molecule has 1 fully saturated rings. The average Bonchev–Trinajstić information content (AvgIpc) is 2.99. The molecule has 5 nitrogen and oxygen atoms in total. The van der Waals surface area contributed by atoms with Crippen LogP contribution >= 0.6 is 0 Å². The maximum Gasteiger partial charge on any atom is 0.255 e. The van der Waals surface area contributed by atoms with Crippen molar-refractivity contribution in [2.75, 3.05) is 27.3 Å². The summed E-state index contributed by atoms with van der Waals surface area (Å²) < 4.78 is 10.5. The lowest BCUT2D eigenvalue weighted by atomic mass is 10.1. The van der Waals surface area contributed by atoms with Crippen LogP contribution in [-0.4, -0.2) is 39.3 Å². The Kier molecular flexibility index (Phi) is 5.24. The van der Waals surface area contributed by atoms with E-state index >= 15 is 0 Å². The van der Waals surface area contributed by atoms with Gasteiger partial charge in [-0.15, -0.1) is 0 Å². The standard InChI is InChI=1S/C15H22N2O3/c1-19-13-7-3-6-12(14(13)20-2)15(18)17-10-8-11-5-4-9-16-11/h3,6-7,11,16H,4-5,8-10H2,1-2H3,(H,17,18). The van der Waals surface area contributed by atoms with Gasteiger partial charge in [-0.05, 0) is 37.9 Å². The summed E-state index contributed by atoms with van der Waals surface area (Å²) in [6, 6.07) is 5.83. The molecule has 0 radical (unpaired) electrons. The highest BCUT2D eigenvalue weighted by atomic mass is 16.5. The third-order valence-electron chi connectivity index (χ3n) is 3.59. The number of benzene rings is 1. The van der Waals surface area contributed by atoms with Crippen molar-refractivity contribution in [2.45, 2.75) is 25.3 Å². The lowest BCUT2D eigenvalue weighted by molar-refractivity contribution is 0.0948. The number of hydrogen-bond donors (Lipinski definition) is 2. The Bertz CT molecular complexity index is 456. The van der Waals surface area contributed by atoms with E-state index < -0.39 is 0 Å². The van der Waals surface area contributed by atoms with Gasteiger partial charge in [-0.1, -0.05) is 6.07 Å². The lowest BCUT2D eigenvalue weighted by Gasteiger charge is -2.14. The molecule has 1 aromatic rings. The van der Waals surface area contributed by atoms with Gasteiger partial charge in [-0.25, -0.2) is 0 Å². The average molecular weight is 278 g/mol. The summed E-state index contributed by atoms with van der Waals surface area (Å²) >= 11 is 0. The number of carbonyl (C=O) groups excluding carboxylic acids is 1. The predicted molar refractivity (Wildman–Crippen MR) is 77.5 cm³/mol. The fourth-order valence-corrected chi connectivity index (χ4v) is 2.52. The van der Waals surface area contributed by atoms with Crippen molar-refractivity contribution in [2.24, 2.45) is 0 Å². The molecule has 1 unspecified atom stereocenters. The molecule has 1 aliphatic heterocycles. The molecule has 2 N–H and O–H groups in total. The number of nitrogens with one attached hydrogen (secondary N) is 2. The van der Waals surface area contributed by atoms with E-state index in [1.54, 1.807) is 25.3 Å². The molecule has 20 heavy (non-hydrogen) atoms. The second-order valence-corrected chi connectivity index (χ2v) is 4.88. The number of amides is 1. The van der Waals surface area contributed by atoms with E-state index in [0.717, 1.165) is 13.0 Å². The number of hydrogen-bond acceptors (Lipinski definition) is 4. The summed E-state index contributed by atoms with van der Waals surface area (Å²) in [5.74, 6) is 0.919. The van der Waals surface area contributed by atoms with E-state index in [1.807, 2.05) is 0 Å². The Morgan fingerprint density at radius 2 is 2.25 bits per heavy atom. The second kappa shape index (κ2) is 7.14. The van der Waals surface area contributed by atoms with Crippen molar-refractivity contribution in [1.29, 1.82) is 0 Å². The molecule has 5 heteroatoms. The van der Waals surface area contributed by atoms with Crippen LogP contribution in [0, 0.1) is 0 Å². The summed E-state index contributed by atoms with van der Waals surface area (Å²) in [4.78, 5) is 12.2. The van der Waals surface area contributed by atoms with Crippen LogP contribution in [0.4, 0.5) is 0 Å². The van der Waals surface area contributed by atoms with Crippen molar-refractivity contribution in [3.8, 4) is 11.5 Å². The Morgan fingerprint density at radius 3 is 2.90 bits per heavy atom. The van der Waals surface area contributed by atoms with Gasteiger partial charge in [0, 0.05) is 12.6 Å². The summed E-state index contributed by atoms with van der Waals surface area (Å²) in [5, 5.41) is 6.35. The quantitative estimate of drug-likeness (QED) is 0.829. The minimum Gasteiger partial charge on any atom is -0.493 e. The Labute approximate surface area is 119 Å². The van der Waals surface area contributed by atoms with Gasteiger partial charge in [-0.3, -0.25) is 4.79 Å². The summed E-state index contributed by atoms with van der Waals surface area (Å²) in [5.41, 5.74) is 0.506. The van der Waals surface area contributed by atoms with E-state index in [0.29, 0.717) is 29.6 Å². The molecule has 0 aromatic heterocycles. The van der Waals surface area contributed by atoms with Crippen molar-refractivity contribution >= 4 is 5.91 Å². The first-order valence-corrected chi connectivity index (χ1v) is 6.99. The minimum absolute atomic E-state index is 0.126. The molecule has 110 valence electrons. The third-order valence-corrected chi connectivity index (χ3v) is 3.59. The maximum absolute atomic E-state index is 12.2. The van der Waals surface area contributed by atoms with Gasteiger partial charge in [-0.2, -0.15) is 0 Å². The minimum atomic E-state index is -0.126. The molecular weight excluding hydrogens is 256 g/mol. The maximum atomic E-state index is 12.2. The number of para-hydroxylation sites is 1. The van der Waals surface area contributed by atoms with Crippen LogP contribution in [0.2, 0.25) is 0 Å². The highest BCUT2D eigenvalue weighted by Crippen LogP contribution is 2.30. The van der Waals surface area contributed by atoms with E-state index in [-0.39, 0.29) is 5.91 Å². The van der Waals surface area contributed by atoms with Crippen LogP contribution in [0.3, 0.4) is 0 Å². The Balaban J connectivity index is 1.94. The highest BCUT2D eigenvalue weighted by Gasteiger charge is 2.17. The summed E-state index contributed by atoms with van der Waals surface area (Å²) in [7, 11) is 3.10. The molecule has 0 spiro atoms. The van der Waals surface area contributed by atoms with Gasteiger partial charge in [0.1, 0.15) is 0 Å². The third kappa shape index (κ3) is 3.42. The molecule has 1 amide bonds. The molecule has 1 aromatic carbocycles. The number of carbonyl (C=O) groups is 1. The SMILES string of the molecule is COc1cccc(C(=O)NCCC2CCCN2)c1OC. The number of rotatable bonds is 6. The van der Waals surface area contributed by atoms with Crippen LogP contribution in [0.25, 0.3) is 0 Å². The van der Waals surface area contributed by atoms with Crippen LogP contribution in [0.5, 0.6) is 11.5 Å². The van der Waals surface area contributed by atoms with Crippen molar-refractivity contribution < 1.29 is 14.3 Å². The van der Waals surface area contributed by atoms with Crippen molar-refractivity contribution in [3.63, 3.8) is 0 Å².